The van der Waals surface area contributed by atoms with E-state index in [9.17, 15) is 4.79 Å². The largest absolute Gasteiger partial charge is 0.289 e. The van der Waals surface area contributed by atoms with Gasteiger partial charge in [-0.25, -0.2) is 0 Å². The Labute approximate surface area is 147 Å². The lowest BCUT2D eigenvalue weighted by atomic mass is 9.96. The fraction of sp³-hybridized carbons (Fsp3) is 0.0417. The Balaban J connectivity index is 1.86. The molecule has 25 heavy (non-hydrogen) atoms. The highest BCUT2D eigenvalue weighted by molar-refractivity contribution is 6.11. The fourth-order valence-corrected chi connectivity index (χ4v) is 3.28. The molecule has 0 bridgehead atoms. The highest BCUT2D eigenvalue weighted by Crippen LogP contribution is 2.29. The van der Waals surface area contributed by atoms with Gasteiger partial charge in [0.1, 0.15) is 0 Å². The molecule has 4 aromatic carbocycles. The molecule has 0 atom stereocenters. The monoisotopic (exact) mass is 322 g/mol. The van der Waals surface area contributed by atoms with E-state index in [1.54, 1.807) is 6.08 Å². The van der Waals surface area contributed by atoms with Crippen LogP contribution >= 0.6 is 0 Å². The van der Waals surface area contributed by atoms with Gasteiger partial charge in [0.25, 0.3) is 0 Å². The molecule has 0 saturated carbocycles. The first-order valence-corrected chi connectivity index (χ1v) is 8.42. The molecular weight excluding hydrogens is 304 g/mol. The Morgan fingerprint density at radius 2 is 1.40 bits per heavy atom. The van der Waals surface area contributed by atoms with Crippen molar-refractivity contribution in [2.75, 3.05) is 0 Å². The van der Waals surface area contributed by atoms with E-state index in [0.29, 0.717) is 0 Å². The standard InChI is InChI=1S/C24H18O/c1-17-7-6-10-20(15-17)24(25)14-13-23-21-11-4-2-8-18(21)16-19-9-3-5-12-22(19)23/h2-16H,1H3/b14-13+. The molecule has 0 saturated heterocycles. The zero-order chi connectivity index (χ0) is 17.2. The van der Waals surface area contributed by atoms with Crippen molar-refractivity contribution in [3.63, 3.8) is 0 Å². The molecule has 0 aliphatic carbocycles. The van der Waals surface area contributed by atoms with Gasteiger partial charge in [0.2, 0.25) is 0 Å². The van der Waals surface area contributed by atoms with Crippen molar-refractivity contribution < 1.29 is 4.79 Å². The van der Waals surface area contributed by atoms with Crippen LogP contribution in [0.1, 0.15) is 21.5 Å². The molecule has 0 heterocycles. The van der Waals surface area contributed by atoms with E-state index in [4.69, 9.17) is 0 Å². The lowest BCUT2D eigenvalue weighted by Gasteiger charge is -2.08. The van der Waals surface area contributed by atoms with Crippen LogP contribution in [0.4, 0.5) is 0 Å². The highest BCUT2D eigenvalue weighted by Gasteiger charge is 2.06. The van der Waals surface area contributed by atoms with Crippen molar-refractivity contribution in [2.24, 2.45) is 0 Å². The van der Waals surface area contributed by atoms with Crippen molar-refractivity contribution in [1.82, 2.24) is 0 Å². The molecule has 4 aromatic rings. The topological polar surface area (TPSA) is 17.1 Å². The van der Waals surface area contributed by atoms with Gasteiger partial charge in [-0.15, -0.1) is 0 Å². The van der Waals surface area contributed by atoms with Crippen LogP contribution in [0.25, 0.3) is 27.6 Å². The van der Waals surface area contributed by atoms with Gasteiger partial charge in [-0.3, -0.25) is 4.79 Å². The second-order valence-corrected chi connectivity index (χ2v) is 6.30. The van der Waals surface area contributed by atoms with E-state index < -0.39 is 0 Å². The average Bonchev–Trinajstić information content (AvgIpc) is 2.65. The summed E-state index contributed by atoms with van der Waals surface area (Å²) in [6.07, 6.45) is 3.64. The molecule has 0 radical (unpaired) electrons. The van der Waals surface area contributed by atoms with Gasteiger partial charge in [-0.2, -0.15) is 0 Å². The summed E-state index contributed by atoms with van der Waals surface area (Å²) in [6, 6.07) is 26.5. The second kappa shape index (κ2) is 6.37. The minimum atomic E-state index is 0.0284. The smallest absolute Gasteiger partial charge is 0.185 e. The number of hydrogen-bond donors (Lipinski definition) is 0. The van der Waals surface area contributed by atoms with Crippen LogP contribution in [-0.2, 0) is 0 Å². The van der Waals surface area contributed by atoms with Crippen molar-refractivity contribution in [2.45, 2.75) is 6.92 Å². The van der Waals surface area contributed by atoms with Crippen molar-refractivity contribution in [3.8, 4) is 0 Å². The predicted octanol–water partition coefficient (Wildman–Crippen LogP) is 6.20. The van der Waals surface area contributed by atoms with E-state index in [2.05, 4.69) is 30.3 Å². The number of fused-ring (bicyclic) bond motifs is 2. The number of hydrogen-bond acceptors (Lipinski definition) is 1. The summed E-state index contributed by atoms with van der Waals surface area (Å²) in [5.41, 5.74) is 2.91. The first-order chi connectivity index (χ1) is 12.2. The number of benzene rings is 4. The number of carbonyl (C=O) groups is 1. The van der Waals surface area contributed by atoms with E-state index in [0.717, 1.165) is 27.5 Å². The maximum Gasteiger partial charge on any atom is 0.185 e. The molecule has 0 spiro atoms. The van der Waals surface area contributed by atoms with Crippen LogP contribution in [0.2, 0.25) is 0 Å². The normalized spacial score (nSPS) is 11.4. The molecule has 0 fully saturated rings. The number of allylic oxidation sites excluding steroid dienone is 1. The molecule has 0 N–H and O–H groups in total. The summed E-state index contributed by atoms with van der Waals surface area (Å²) < 4.78 is 0. The van der Waals surface area contributed by atoms with E-state index in [1.807, 2.05) is 61.5 Å². The highest BCUT2D eigenvalue weighted by atomic mass is 16.1. The lowest BCUT2D eigenvalue weighted by Crippen LogP contribution is -1.94. The van der Waals surface area contributed by atoms with Gasteiger partial charge in [-0.05, 0) is 58.3 Å². The summed E-state index contributed by atoms with van der Waals surface area (Å²) in [6.45, 7) is 2.00. The summed E-state index contributed by atoms with van der Waals surface area (Å²) >= 11 is 0. The van der Waals surface area contributed by atoms with E-state index in [1.165, 1.54) is 10.8 Å². The Kier molecular flexibility index (Phi) is 3.91. The van der Waals surface area contributed by atoms with Gasteiger partial charge < -0.3 is 0 Å². The maximum atomic E-state index is 12.6. The number of aryl methyl sites for hydroxylation is 1. The first kappa shape index (κ1) is 15.3. The molecule has 4 rings (SSSR count). The molecule has 1 heteroatoms. The summed E-state index contributed by atoms with van der Waals surface area (Å²) in [4.78, 5) is 12.6. The Morgan fingerprint density at radius 1 is 0.760 bits per heavy atom. The average molecular weight is 322 g/mol. The molecule has 0 aliphatic heterocycles. The molecule has 120 valence electrons. The molecule has 0 aromatic heterocycles. The van der Waals surface area contributed by atoms with Crippen LogP contribution in [0.5, 0.6) is 0 Å². The van der Waals surface area contributed by atoms with Crippen LogP contribution in [-0.4, -0.2) is 5.78 Å². The van der Waals surface area contributed by atoms with E-state index >= 15 is 0 Å². The third-order valence-corrected chi connectivity index (χ3v) is 4.52. The van der Waals surface area contributed by atoms with Crippen molar-refractivity contribution in [1.29, 1.82) is 0 Å². The van der Waals surface area contributed by atoms with Crippen LogP contribution in [0.15, 0.2) is 84.9 Å². The van der Waals surface area contributed by atoms with Crippen molar-refractivity contribution in [3.05, 3.63) is 102 Å². The van der Waals surface area contributed by atoms with Gasteiger partial charge in [-0.1, -0.05) is 72.3 Å². The minimum absolute atomic E-state index is 0.0284. The minimum Gasteiger partial charge on any atom is -0.289 e. The number of rotatable bonds is 3. The van der Waals surface area contributed by atoms with E-state index in [-0.39, 0.29) is 5.78 Å². The van der Waals surface area contributed by atoms with Gasteiger partial charge in [0.15, 0.2) is 5.78 Å². The summed E-state index contributed by atoms with van der Waals surface area (Å²) in [5.74, 6) is 0.0284. The number of ketones is 1. The SMILES string of the molecule is Cc1cccc(C(=O)/C=C/c2c3ccccc3cc3ccccc23)c1. The van der Waals surface area contributed by atoms with Crippen molar-refractivity contribution >= 4 is 33.4 Å². The third kappa shape index (κ3) is 2.97. The molecule has 0 unspecified atom stereocenters. The van der Waals surface area contributed by atoms with Crippen LogP contribution < -0.4 is 0 Å². The molecule has 0 amide bonds. The van der Waals surface area contributed by atoms with Crippen LogP contribution in [0, 0.1) is 6.92 Å². The van der Waals surface area contributed by atoms with Crippen LogP contribution in [0.3, 0.4) is 0 Å². The molecular formula is C24H18O. The van der Waals surface area contributed by atoms with Gasteiger partial charge in [0.05, 0.1) is 0 Å². The van der Waals surface area contributed by atoms with Gasteiger partial charge >= 0.3 is 0 Å². The zero-order valence-corrected chi connectivity index (χ0v) is 14.1. The Bertz CT molecular complexity index is 1070. The van der Waals surface area contributed by atoms with Gasteiger partial charge in [0, 0.05) is 5.56 Å². The zero-order valence-electron chi connectivity index (χ0n) is 14.1. The quantitative estimate of drug-likeness (QED) is 0.249. The molecule has 0 aliphatic rings. The predicted molar refractivity (Wildman–Crippen MR) is 106 cm³/mol. The first-order valence-electron chi connectivity index (χ1n) is 8.42. The lowest BCUT2D eigenvalue weighted by molar-refractivity contribution is 0.104. The third-order valence-electron chi connectivity index (χ3n) is 4.52. The number of carbonyl (C=O) groups excluding carboxylic acids is 1. The fourth-order valence-electron chi connectivity index (χ4n) is 3.28. The summed E-state index contributed by atoms with van der Waals surface area (Å²) in [5, 5.41) is 4.69. The Morgan fingerprint density at radius 3 is 2.04 bits per heavy atom. The summed E-state index contributed by atoms with van der Waals surface area (Å²) in [7, 11) is 0. The molecule has 1 nitrogen and oxygen atoms in total. The Hall–Kier alpha value is -3.19. The maximum absolute atomic E-state index is 12.6. The second-order valence-electron chi connectivity index (χ2n) is 6.30.